The minimum Gasteiger partial charge on any atom is -0.386 e. The Morgan fingerprint density at radius 3 is 3.12 bits per heavy atom. The Balaban J connectivity index is 1.64. The maximum Gasteiger partial charge on any atom is 0.475 e. The molecule has 4 rings (SSSR count). The van der Waals surface area contributed by atoms with E-state index < -0.39 is 32.4 Å². The van der Waals surface area contributed by atoms with E-state index in [0.29, 0.717) is 11.2 Å². The predicted molar refractivity (Wildman–Crippen MR) is 79.7 cm³/mol. The second-order valence-corrected chi connectivity index (χ2v) is 6.99. The Kier molecular flexibility index (Phi) is 3.79. The summed E-state index contributed by atoms with van der Waals surface area (Å²) in [5.74, 6) is 0.226. The van der Waals surface area contributed by atoms with Crippen LogP contribution in [0.25, 0.3) is 11.2 Å². The first-order valence-electron chi connectivity index (χ1n) is 7.36. The van der Waals surface area contributed by atoms with Crippen LogP contribution in [0.15, 0.2) is 12.7 Å². The number of hydrogen-bond donors (Lipinski definition) is 2. The summed E-state index contributed by atoms with van der Waals surface area (Å²) in [7, 11) is -3.69. The van der Waals surface area contributed by atoms with Crippen LogP contribution >= 0.6 is 7.82 Å². The molecule has 0 aliphatic carbocycles. The maximum atomic E-state index is 12.3. The molecule has 0 saturated carbocycles. The summed E-state index contributed by atoms with van der Waals surface area (Å²) >= 11 is 0. The predicted octanol–water partition coefficient (Wildman–Crippen LogP) is 0.227. The number of ether oxygens (including phenoxy) is 1. The van der Waals surface area contributed by atoms with Gasteiger partial charge in [-0.15, -0.1) is 0 Å². The summed E-state index contributed by atoms with van der Waals surface area (Å²) < 4.78 is 35.1. The van der Waals surface area contributed by atoms with Gasteiger partial charge in [-0.1, -0.05) is 0 Å². The maximum absolute atomic E-state index is 12.3. The number of anilines is 1. The van der Waals surface area contributed by atoms with Crippen molar-refractivity contribution in [2.24, 2.45) is 0 Å². The zero-order valence-corrected chi connectivity index (χ0v) is 13.6. The molecule has 0 aromatic carbocycles. The van der Waals surface area contributed by atoms with E-state index in [-0.39, 0.29) is 19.0 Å². The van der Waals surface area contributed by atoms with Crippen molar-refractivity contribution >= 4 is 24.8 Å². The number of rotatable bonds is 3. The molecule has 0 radical (unpaired) electrons. The molecule has 2 aromatic heterocycles. The van der Waals surface area contributed by atoms with Crippen LogP contribution in [0.5, 0.6) is 0 Å². The number of aromatic nitrogens is 4. The van der Waals surface area contributed by atoms with Gasteiger partial charge in [0.1, 0.15) is 30.2 Å². The summed E-state index contributed by atoms with van der Waals surface area (Å²) in [6.45, 7) is 1.82. The molecular formula is C12H16N5O6P. The van der Waals surface area contributed by atoms with Gasteiger partial charge in [-0.25, -0.2) is 19.5 Å². The van der Waals surface area contributed by atoms with Crippen molar-refractivity contribution in [1.29, 1.82) is 0 Å². The average molecular weight is 357 g/mol. The van der Waals surface area contributed by atoms with Crippen molar-refractivity contribution in [2.75, 3.05) is 18.9 Å². The van der Waals surface area contributed by atoms with E-state index in [1.165, 1.54) is 17.2 Å². The highest BCUT2D eigenvalue weighted by molar-refractivity contribution is 7.48. The Hall–Kier alpha value is -1.62. The number of imidazole rings is 1. The second-order valence-electron chi connectivity index (χ2n) is 5.37. The normalized spacial score (nSPS) is 36.1. The number of phosphoric ester groups is 1. The SMILES string of the molecule is CCO[P@@]1(=O)OC[C@H]2O[C@@H](n3cnc4c(N)ncnc43)[C@H](O)[C@@H]2O1. The fraction of sp³-hybridized carbons (Fsp3) is 0.583. The fourth-order valence-corrected chi connectivity index (χ4v) is 4.24. The zero-order valence-electron chi connectivity index (χ0n) is 12.7. The third-order valence-corrected chi connectivity index (χ3v) is 5.45. The van der Waals surface area contributed by atoms with Crippen LogP contribution in [0, 0.1) is 0 Å². The van der Waals surface area contributed by atoms with E-state index in [0.717, 1.165) is 0 Å². The molecule has 12 heteroatoms. The van der Waals surface area contributed by atoms with E-state index in [4.69, 9.17) is 24.0 Å². The molecule has 5 atom stereocenters. The smallest absolute Gasteiger partial charge is 0.386 e. The highest BCUT2D eigenvalue weighted by atomic mass is 31.2. The third-order valence-electron chi connectivity index (χ3n) is 3.91. The van der Waals surface area contributed by atoms with Gasteiger partial charge in [0.15, 0.2) is 17.7 Å². The first-order chi connectivity index (χ1) is 11.5. The highest BCUT2D eigenvalue weighted by Crippen LogP contribution is 2.56. The number of aliphatic hydroxyl groups is 1. The molecule has 2 saturated heterocycles. The van der Waals surface area contributed by atoms with E-state index in [2.05, 4.69) is 15.0 Å². The van der Waals surface area contributed by atoms with Gasteiger partial charge in [-0.2, -0.15) is 0 Å². The summed E-state index contributed by atoms with van der Waals surface area (Å²) in [5.41, 5.74) is 6.58. The standard InChI is InChI=1S/C12H16N5O6P/c1-2-20-24(19)21-3-6-9(23-24)8(18)12(22-6)17-5-16-7-10(13)14-4-15-11(7)17/h4-6,8-9,12,18H,2-3H2,1H3,(H2,13,14,15)/t6-,8-,9-,12-,24+/m1/s1. The van der Waals surface area contributed by atoms with Crippen molar-refractivity contribution < 1.29 is 28.0 Å². The molecule has 2 aromatic rings. The Labute approximate surface area is 136 Å². The monoisotopic (exact) mass is 357 g/mol. The number of fused-ring (bicyclic) bond motifs is 2. The quantitative estimate of drug-likeness (QED) is 0.732. The fourth-order valence-electron chi connectivity index (χ4n) is 2.84. The Morgan fingerprint density at radius 2 is 2.33 bits per heavy atom. The first kappa shape index (κ1) is 15.9. The third kappa shape index (κ3) is 2.41. The number of nitrogens with zero attached hydrogens (tertiary/aromatic N) is 4. The van der Waals surface area contributed by atoms with Crippen molar-refractivity contribution in [3.05, 3.63) is 12.7 Å². The molecule has 4 heterocycles. The van der Waals surface area contributed by atoms with Crippen LogP contribution in [0.3, 0.4) is 0 Å². The Bertz CT molecular complexity index is 814. The highest BCUT2D eigenvalue weighted by Gasteiger charge is 2.53. The average Bonchev–Trinajstić information content (AvgIpc) is 3.10. The molecule has 24 heavy (non-hydrogen) atoms. The number of aliphatic hydroxyl groups excluding tert-OH is 1. The van der Waals surface area contributed by atoms with Crippen molar-refractivity contribution in [2.45, 2.75) is 31.5 Å². The summed E-state index contributed by atoms with van der Waals surface area (Å²) in [5, 5.41) is 10.6. The van der Waals surface area contributed by atoms with Gasteiger partial charge in [0.2, 0.25) is 0 Å². The van der Waals surface area contributed by atoms with Crippen LogP contribution in [0.2, 0.25) is 0 Å². The minimum atomic E-state index is -3.69. The lowest BCUT2D eigenvalue weighted by molar-refractivity contribution is -0.0701. The van der Waals surface area contributed by atoms with Gasteiger partial charge in [0, 0.05) is 0 Å². The van der Waals surface area contributed by atoms with Gasteiger partial charge in [0.25, 0.3) is 0 Å². The molecule has 0 amide bonds. The van der Waals surface area contributed by atoms with Crippen molar-refractivity contribution in [3.63, 3.8) is 0 Å². The Morgan fingerprint density at radius 1 is 1.50 bits per heavy atom. The zero-order chi connectivity index (χ0) is 16.9. The summed E-state index contributed by atoms with van der Waals surface area (Å²) in [6.07, 6.45) is -0.642. The van der Waals surface area contributed by atoms with Gasteiger partial charge >= 0.3 is 7.82 Å². The molecule has 2 aliphatic rings. The van der Waals surface area contributed by atoms with E-state index in [1.54, 1.807) is 6.92 Å². The van der Waals surface area contributed by atoms with Gasteiger partial charge in [0.05, 0.1) is 19.5 Å². The molecule has 3 N–H and O–H groups in total. The molecule has 2 aliphatic heterocycles. The molecule has 2 fully saturated rings. The van der Waals surface area contributed by atoms with Gasteiger partial charge in [-0.05, 0) is 6.92 Å². The minimum absolute atomic E-state index is 0.0146. The first-order valence-corrected chi connectivity index (χ1v) is 8.82. The van der Waals surface area contributed by atoms with Crippen molar-refractivity contribution in [3.8, 4) is 0 Å². The molecule has 0 spiro atoms. The number of hydrogen-bond acceptors (Lipinski definition) is 10. The van der Waals surface area contributed by atoms with E-state index >= 15 is 0 Å². The molecule has 130 valence electrons. The van der Waals surface area contributed by atoms with Crippen LogP contribution in [0.4, 0.5) is 5.82 Å². The molecule has 0 bridgehead atoms. The number of nitrogens with two attached hydrogens (primary N) is 1. The van der Waals surface area contributed by atoms with Crippen molar-refractivity contribution in [1.82, 2.24) is 19.5 Å². The number of nitrogen functional groups attached to an aromatic ring is 1. The topological polar surface area (TPSA) is 144 Å². The lowest BCUT2D eigenvalue weighted by Gasteiger charge is -2.30. The second kappa shape index (κ2) is 5.73. The molecular weight excluding hydrogens is 341 g/mol. The van der Waals surface area contributed by atoms with Gasteiger partial charge < -0.3 is 15.6 Å². The molecule has 0 unspecified atom stereocenters. The largest absolute Gasteiger partial charge is 0.475 e. The van der Waals surface area contributed by atoms with E-state index in [9.17, 15) is 9.67 Å². The van der Waals surface area contributed by atoms with E-state index in [1.807, 2.05) is 0 Å². The van der Waals surface area contributed by atoms with Crippen LogP contribution in [0.1, 0.15) is 13.2 Å². The number of phosphoric acid groups is 1. The summed E-state index contributed by atoms with van der Waals surface area (Å²) in [4.78, 5) is 12.1. The van der Waals surface area contributed by atoms with Crippen LogP contribution < -0.4 is 5.73 Å². The molecule has 11 nitrogen and oxygen atoms in total. The van der Waals surface area contributed by atoms with Gasteiger partial charge in [-0.3, -0.25) is 18.1 Å². The lowest BCUT2D eigenvalue weighted by atomic mass is 10.1. The van der Waals surface area contributed by atoms with Crippen LogP contribution in [-0.2, 0) is 22.9 Å². The lowest BCUT2D eigenvalue weighted by Crippen LogP contribution is -2.39. The summed E-state index contributed by atoms with van der Waals surface area (Å²) in [6, 6.07) is 0. The van der Waals surface area contributed by atoms with Crippen LogP contribution in [-0.4, -0.2) is 56.2 Å².